The first-order chi connectivity index (χ1) is 11.7. The number of amides is 2. The van der Waals surface area contributed by atoms with Crippen LogP contribution in [-0.4, -0.2) is 31.2 Å². The second-order valence-corrected chi connectivity index (χ2v) is 5.83. The summed E-state index contributed by atoms with van der Waals surface area (Å²) in [6.07, 6.45) is 4.10. The van der Waals surface area contributed by atoms with Crippen LogP contribution in [0.2, 0.25) is 0 Å². The van der Waals surface area contributed by atoms with Gasteiger partial charge < -0.3 is 20.3 Å². The summed E-state index contributed by atoms with van der Waals surface area (Å²) in [6.45, 7) is 4.28. The van der Waals surface area contributed by atoms with Gasteiger partial charge in [0.25, 0.3) is 0 Å². The van der Waals surface area contributed by atoms with Gasteiger partial charge in [0.1, 0.15) is 5.69 Å². The van der Waals surface area contributed by atoms with Gasteiger partial charge in [0.15, 0.2) is 0 Å². The van der Waals surface area contributed by atoms with Crippen LogP contribution in [0.5, 0.6) is 5.88 Å². The van der Waals surface area contributed by atoms with Gasteiger partial charge in [-0.05, 0) is 55.7 Å². The van der Waals surface area contributed by atoms with Crippen LogP contribution in [0.25, 0.3) is 0 Å². The van der Waals surface area contributed by atoms with E-state index in [4.69, 9.17) is 4.74 Å². The van der Waals surface area contributed by atoms with E-state index in [1.807, 2.05) is 12.1 Å². The molecule has 2 aromatic rings. The first-order valence-electron chi connectivity index (χ1n) is 8.10. The van der Waals surface area contributed by atoms with Crippen LogP contribution in [-0.2, 0) is 0 Å². The number of urea groups is 1. The Morgan fingerprint density at radius 3 is 2.71 bits per heavy atom. The van der Waals surface area contributed by atoms with Crippen molar-refractivity contribution in [1.82, 2.24) is 4.98 Å². The minimum absolute atomic E-state index is 0.324. The van der Waals surface area contributed by atoms with E-state index in [0.29, 0.717) is 11.6 Å². The molecule has 1 fully saturated rings. The van der Waals surface area contributed by atoms with Gasteiger partial charge in [-0.15, -0.1) is 0 Å². The Kier molecular flexibility index (Phi) is 4.84. The predicted molar refractivity (Wildman–Crippen MR) is 96.1 cm³/mol. The van der Waals surface area contributed by atoms with Crippen LogP contribution in [0.1, 0.15) is 18.4 Å². The largest absolute Gasteiger partial charge is 0.480 e. The molecule has 0 spiro atoms. The van der Waals surface area contributed by atoms with E-state index in [9.17, 15) is 4.79 Å². The zero-order chi connectivity index (χ0) is 16.9. The molecule has 2 N–H and O–H groups in total. The minimum atomic E-state index is -0.324. The van der Waals surface area contributed by atoms with E-state index >= 15 is 0 Å². The Morgan fingerprint density at radius 1 is 1.21 bits per heavy atom. The number of pyridine rings is 1. The van der Waals surface area contributed by atoms with Crippen molar-refractivity contribution in [3.63, 3.8) is 0 Å². The SMILES string of the molecule is COc1ncccc1NC(=O)Nc1ccc(N2CCCC2)c(C)c1. The van der Waals surface area contributed by atoms with E-state index in [1.54, 1.807) is 18.3 Å². The molecule has 0 bridgehead atoms. The van der Waals surface area contributed by atoms with Crippen molar-refractivity contribution in [2.24, 2.45) is 0 Å². The van der Waals surface area contributed by atoms with Crippen molar-refractivity contribution in [3.8, 4) is 5.88 Å². The number of carbonyl (C=O) groups excluding carboxylic acids is 1. The van der Waals surface area contributed by atoms with Crippen molar-refractivity contribution < 1.29 is 9.53 Å². The molecule has 126 valence electrons. The Balaban J connectivity index is 1.67. The number of hydrogen-bond donors (Lipinski definition) is 2. The molecule has 1 aliphatic heterocycles. The van der Waals surface area contributed by atoms with Crippen molar-refractivity contribution in [2.75, 3.05) is 35.7 Å². The number of rotatable bonds is 4. The van der Waals surface area contributed by atoms with Gasteiger partial charge in [0, 0.05) is 30.7 Å². The molecular weight excluding hydrogens is 304 g/mol. The van der Waals surface area contributed by atoms with Crippen molar-refractivity contribution in [2.45, 2.75) is 19.8 Å². The van der Waals surface area contributed by atoms with Crippen molar-refractivity contribution in [3.05, 3.63) is 42.1 Å². The van der Waals surface area contributed by atoms with Gasteiger partial charge in [-0.3, -0.25) is 0 Å². The van der Waals surface area contributed by atoms with E-state index in [2.05, 4.69) is 33.5 Å². The van der Waals surface area contributed by atoms with Crippen molar-refractivity contribution >= 4 is 23.1 Å². The second-order valence-electron chi connectivity index (χ2n) is 5.83. The number of benzene rings is 1. The van der Waals surface area contributed by atoms with Crippen LogP contribution in [0, 0.1) is 6.92 Å². The maximum atomic E-state index is 12.2. The second kappa shape index (κ2) is 7.21. The smallest absolute Gasteiger partial charge is 0.323 e. The summed E-state index contributed by atoms with van der Waals surface area (Å²) in [7, 11) is 1.52. The zero-order valence-electron chi connectivity index (χ0n) is 14.0. The topological polar surface area (TPSA) is 66.5 Å². The van der Waals surface area contributed by atoms with Crippen molar-refractivity contribution in [1.29, 1.82) is 0 Å². The van der Waals surface area contributed by atoms with E-state index in [0.717, 1.165) is 24.3 Å². The van der Waals surface area contributed by atoms with E-state index < -0.39 is 0 Å². The fourth-order valence-electron chi connectivity index (χ4n) is 2.98. The lowest BCUT2D eigenvalue weighted by Crippen LogP contribution is -2.21. The highest BCUT2D eigenvalue weighted by atomic mass is 16.5. The third kappa shape index (κ3) is 3.59. The summed E-state index contributed by atoms with van der Waals surface area (Å²) in [5.74, 6) is 0.383. The third-order valence-electron chi connectivity index (χ3n) is 4.11. The Bertz CT molecular complexity index is 727. The summed E-state index contributed by atoms with van der Waals surface area (Å²) in [5, 5.41) is 5.60. The van der Waals surface area contributed by atoms with Gasteiger partial charge in [-0.25, -0.2) is 9.78 Å². The number of nitrogens with zero attached hydrogens (tertiary/aromatic N) is 2. The predicted octanol–water partition coefficient (Wildman–Crippen LogP) is 3.64. The monoisotopic (exact) mass is 326 g/mol. The summed E-state index contributed by atoms with van der Waals surface area (Å²) < 4.78 is 5.13. The average molecular weight is 326 g/mol. The van der Waals surface area contributed by atoms with Crippen LogP contribution >= 0.6 is 0 Å². The molecule has 1 aliphatic rings. The van der Waals surface area contributed by atoms with Gasteiger partial charge in [-0.2, -0.15) is 0 Å². The molecule has 1 aromatic heterocycles. The molecule has 0 unspecified atom stereocenters. The van der Waals surface area contributed by atoms with Gasteiger partial charge in [0.2, 0.25) is 5.88 Å². The summed E-state index contributed by atoms with van der Waals surface area (Å²) in [4.78, 5) is 18.6. The highest BCUT2D eigenvalue weighted by Crippen LogP contribution is 2.27. The Hall–Kier alpha value is -2.76. The molecule has 0 saturated carbocycles. The number of hydrogen-bond acceptors (Lipinski definition) is 4. The van der Waals surface area contributed by atoms with Gasteiger partial charge >= 0.3 is 6.03 Å². The van der Waals surface area contributed by atoms with E-state index in [-0.39, 0.29) is 6.03 Å². The quantitative estimate of drug-likeness (QED) is 0.900. The zero-order valence-corrected chi connectivity index (χ0v) is 14.0. The van der Waals surface area contributed by atoms with Gasteiger partial charge in [-0.1, -0.05) is 0 Å². The lowest BCUT2D eigenvalue weighted by molar-refractivity contribution is 0.262. The molecule has 0 atom stereocenters. The standard InChI is InChI=1S/C18H22N4O2/c1-13-12-14(7-8-16(13)22-10-3-4-11-22)20-18(23)21-15-6-5-9-19-17(15)24-2/h5-9,12H,3-4,10-11H2,1-2H3,(H2,20,21,23). The van der Waals surface area contributed by atoms with E-state index in [1.165, 1.54) is 25.6 Å². The molecule has 2 heterocycles. The highest BCUT2D eigenvalue weighted by molar-refractivity contribution is 6.00. The number of methoxy groups -OCH3 is 1. The number of carbonyl (C=O) groups is 1. The lowest BCUT2D eigenvalue weighted by atomic mass is 10.1. The van der Waals surface area contributed by atoms with Crippen LogP contribution in [0.3, 0.4) is 0 Å². The summed E-state index contributed by atoms with van der Waals surface area (Å²) >= 11 is 0. The number of ether oxygens (including phenoxy) is 1. The number of aromatic nitrogens is 1. The maximum absolute atomic E-state index is 12.2. The fraction of sp³-hybridized carbons (Fsp3) is 0.333. The van der Waals surface area contributed by atoms with Gasteiger partial charge in [0.05, 0.1) is 7.11 Å². The first-order valence-corrected chi connectivity index (χ1v) is 8.10. The molecule has 0 radical (unpaired) electrons. The summed E-state index contributed by atoms with van der Waals surface area (Å²) in [6, 6.07) is 9.16. The molecule has 3 rings (SSSR count). The molecule has 1 aromatic carbocycles. The number of nitrogens with one attached hydrogen (secondary N) is 2. The Morgan fingerprint density at radius 2 is 2.00 bits per heavy atom. The average Bonchev–Trinajstić information content (AvgIpc) is 3.09. The molecule has 24 heavy (non-hydrogen) atoms. The molecular formula is C18H22N4O2. The summed E-state index contributed by atoms with van der Waals surface area (Å²) in [5.41, 5.74) is 3.69. The maximum Gasteiger partial charge on any atom is 0.323 e. The van der Waals surface area contributed by atoms with Crippen LogP contribution in [0.4, 0.5) is 21.9 Å². The Labute approximate surface area is 141 Å². The number of anilines is 3. The van der Waals surface area contributed by atoms with Crippen LogP contribution < -0.4 is 20.3 Å². The number of aryl methyl sites for hydroxylation is 1. The molecule has 6 heteroatoms. The molecule has 1 saturated heterocycles. The fourth-order valence-corrected chi connectivity index (χ4v) is 2.98. The molecule has 6 nitrogen and oxygen atoms in total. The molecule has 0 aliphatic carbocycles. The van der Waals surface area contributed by atoms with Crippen LogP contribution in [0.15, 0.2) is 36.5 Å². The lowest BCUT2D eigenvalue weighted by Gasteiger charge is -2.20. The normalized spacial score (nSPS) is 13.7. The highest BCUT2D eigenvalue weighted by Gasteiger charge is 2.15. The first kappa shape index (κ1) is 16.1. The molecule has 2 amide bonds. The minimum Gasteiger partial charge on any atom is -0.480 e. The third-order valence-corrected chi connectivity index (χ3v) is 4.11.